The quantitative estimate of drug-likeness (QED) is 0.916. The lowest BCUT2D eigenvalue weighted by Gasteiger charge is -2.22. The number of nitrogens with zero attached hydrogens (tertiary/aromatic N) is 3. The summed E-state index contributed by atoms with van der Waals surface area (Å²) in [7, 11) is 0. The first-order valence-electron chi connectivity index (χ1n) is 8.54. The lowest BCUT2D eigenvalue weighted by atomic mass is 9.95. The van der Waals surface area contributed by atoms with E-state index in [-0.39, 0.29) is 0 Å². The van der Waals surface area contributed by atoms with E-state index in [4.69, 9.17) is 0 Å². The van der Waals surface area contributed by atoms with Crippen LogP contribution in [0.1, 0.15) is 56.6 Å². The molecule has 2 fully saturated rings. The molecule has 2 bridgehead atoms. The van der Waals surface area contributed by atoms with E-state index in [9.17, 15) is 0 Å². The molecule has 1 aromatic rings. The highest BCUT2D eigenvalue weighted by atomic mass is 15.3. The number of hydrogen-bond donors (Lipinski definition) is 1. The van der Waals surface area contributed by atoms with Gasteiger partial charge >= 0.3 is 0 Å². The minimum absolute atomic E-state index is 0.792. The zero-order chi connectivity index (χ0) is 13.4. The van der Waals surface area contributed by atoms with Crippen molar-refractivity contribution in [1.29, 1.82) is 0 Å². The molecule has 0 unspecified atom stereocenters. The molecule has 0 radical (unpaired) electrons. The molecule has 3 atom stereocenters. The fraction of sp³-hybridized carbons (Fsp3) is 0.875. The number of aryl methyl sites for hydroxylation is 1. The topological polar surface area (TPSA) is 42.7 Å². The zero-order valence-corrected chi connectivity index (χ0v) is 12.4. The Hall–Kier alpha value is -0.900. The summed E-state index contributed by atoms with van der Waals surface area (Å²) in [6.45, 7) is 2.21. The first-order chi connectivity index (χ1) is 9.90. The van der Waals surface area contributed by atoms with Crippen LogP contribution in [0.15, 0.2) is 0 Å². The van der Waals surface area contributed by atoms with Gasteiger partial charge in [0.2, 0.25) is 0 Å². The zero-order valence-electron chi connectivity index (χ0n) is 12.4. The van der Waals surface area contributed by atoms with Crippen LogP contribution in [-0.2, 0) is 19.4 Å². The second kappa shape index (κ2) is 5.47. The fourth-order valence-electron chi connectivity index (χ4n) is 4.59. The molecule has 0 amide bonds. The molecule has 2 aliphatic carbocycles. The monoisotopic (exact) mass is 274 g/mol. The highest BCUT2D eigenvalue weighted by molar-refractivity contribution is 4.99. The molecule has 2 saturated carbocycles. The number of hydrogen-bond acceptors (Lipinski definition) is 3. The first kappa shape index (κ1) is 12.8. The predicted octanol–water partition coefficient (Wildman–Crippen LogP) is 2.33. The van der Waals surface area contributed by atoms with Crippen LogP contribution in [0.25, 0.3) is 0 Å². The van der Waals surface area contributed by atoms with Crippen LogP contribution in [0.4, 0.5) is 0 Å². The Kier molecular flexibility index (Phi) is 3.51. The number of aromatic nitrogens is 3. The molecule has 0 saturated heterocycles. The molecule has 1 aromatic heterocycles. The molecule has 4 nitrogen and oxygen atoms in total. The van der Waals surface area contributed by atoms with Crippen molar-refractivity contribution in [3.05, 3.63) is 11.6 Å². The molecule has 2 heterocycles. The summed E-state index contributed by atoms with van der Waals surface area (Å²) < 4.78 is 2.38. The van der Waals surface area contributed by atoms with Gasteiger partial charge in [-0.2, -0.15) is 0 Å². The lowest BCUT2D eigenvalue weighted by Crippen LogP contribution is -2.35. The van der Waals surface area contributed by atoms with Gasteiger partial charge in [-0.25, -0.2) is 0 Å². The summed E-state index contributed by atoms with van der Waals surface area (Å²) in [5, 5.41) is 12.6. The van der Waals surface area contributed by atoms with E-state index >= 15 is 0 Å². The molecule has 1 aliphatic heterocycles. The molecular weight excluding hydrogens is 248 g/mol. The van der Waals surface area contributed by atoms with Crippen LogP contribution >= 0.6 is 0 Å². The van der Waals surface area contributed by atoms with Crippen LogP contribution in [0, 0.1) is 11.8 Å². The van der Waals surface area contributed by atoms with Crippen molar-refractivity contribution in [2.75, 3.05) is 6.54 Å². The molecule has 1 N–H and O–H groups in total. The number of fused-ring (bicyclic) bond motifs is 3. The third kappa shape index (κ3) is 2.39. The fourth-order valence-corrected chi connectivity index (χ4v) is 4.59. The minimum atomic E-state index is 0.792. The largest absolute Gasteiger partial charge is 0.315 e. The average Bonchev–Trinajstić information content (AvgIpc) is 3.12. The third-order valence-electron chi connectivity index (χ3n) is 5.68. The van der Waals surface area contributed by atoms with Gasteiger partial charge in [0.25, 0.3) is 0 Å². The van der Waals surface area contributed by atoms with E-state index in [0.29, 0.717) is 0 Å². The summed E-state index contributed by atoms with van der Waals surface area (Å²) in [5.74, 6) is 4.42. The second-order valence-electron chi connectivity index (χ2n) is 6.98. The van der Waals surface area contributed by atoms with Crippen molar-refractivity contribution >= 4 is 0 Å². The summed E-state index contributed by atoms with van der Waals surface area (Å²) in [4.78, 5) is 0. The SMILES string of the molecule is C1CCc2nnc(CCN[C@H]3C[C@H]4CC[C@H]3C4)n2CC1. The van der Waals surface area contributed by atoms with Crippen LogP contribution in [0.5, 0.6) is 0 Å². The van der Waals surface area contributed by atoms with E-state index in [0.717, 1.165) is 43.8 Å². The Morgan fingerprint density at radius 2 is 2.10 bits per heavy atom. The summed E-state index contributed by atoms with van der Waals surface area (Å²) >= 11 is 0. The van der Waals surface area contributed by atoms with Crippen molar-refractivity contribution in [2.24, 2.45) is 11.8 Å². The van der Waals surface area contributed by atoms with Crippen LogP contribution < -0.4 is 5.32 Å². The van der Waals surface area contributed by atoms with E-state index in [2.05, 4.69) is 20.1 Å². The van der Waals surface area contributed by atoms with Gasteiger partial charge in [0, 0.05) is 32.0 Å². The van der Waals surface area contributed by atoms with Crippen molar-refractivity contribution in [2.45, 2.75) is 70.4 Å². The van der Waals surface area contributed by atoms with Gasteiger partial charge in [-0.3, -0.25) is 0 Å². The normalized spacial score (nSPS) is 32.3. The smallest absolute Gasteiger partial charge is 0.134 e. The molecule has 3 aliphatic rings. The van der Waals surface area contributed by atoms with E-state index < -0.39 is 0 Å². The van der Waals surface area contributed by atoms with Gasteiger partial charge in [-0.15, -0.1) is 10.2 Å². The maximum Gasteiger partial charge on any atom is 0.134 e. The number of rotatable bonds is 4. The van der Waals surface area contributed by atoms with E-state index in [1.165, 1.54) is 56.6 Å². The Labute approximate surface area is 121 Å². The van der Waals surface area contributed by atoms with Crippen LogP contribution in [0.3, 0.4) is 0 Å². The van der Waals surface area contributed by atoms with Crippen LogP contribution in [0.2, 0.25) is 0 Å². The van der Waals surface area contributed by atoms with Gasteiger partial charge in [0.15, 0.2) is 0 Å². The third-order valence-corrected chi connectivity index (χ3v) is 5.68. The highest BCUT2D eigenvalue weighted by Gasteiger charge is 2.38. The van der Waals surface area contributed by atoms with Crippen molar-refractivity contribution in [3.8, 4) is 0 Å². The van der Waals surface area contributed by atoms with E-state index in [1.54, 1.807) is 0 Å². The Bertz CT molecular complexity index is 467. The molecule has 4 rings (SSSR count). The maximum absolute atomic E-state index is 4.42. The highest BCUT2D eigenvalue weighted by Crippen LogP contribution is 2.44. The molecule has 0 spiro atoms. The maximum atomic E-state index is 4.42. The molecule has 4 heteroatoms. The summed E-state index contributed by atoms with van der Waals surface area (Å²) in [6.07, 6.45) is 11.9. The number of nitrogens with one attached hydrogen (secondary N) is 1. The standard InChI is InChI=1S/C16H26N4/c1-2-4-15-18-19-16(20(15)9-3-1)7-8-17-14-11-12-5-6-13(14)10-12/h12-14,17H,1-11H2/t12-,13-,14-/m0/s1. The lowest BCUT2D eigenvalue weighted by molar-refractivity contribution is 0.352. The van der Waals surface area contributed by atoms with Crippen molar-refractivity contribution < 1.29 is 0 Å². The Morgan fingerprint density at radius 3 is 2.95 bits per heavy atom. The Morgan fingerprint density at radius 1 is 1.10 bits per heavy atom. The van der Waals surface area contributed by atoms with Gasteiger partial charge in [0.05, 0.1) is 0 Å². The first-order valence-corrected chi connectivity index (χ1v) is 8.54. The second-order valence-corrected chi connectivity index (χ2v) is 6.98. The Balaban J connectivity index is 1.32. The molecular formula is C16H26N4. The van der Waals surface area contributed by atoms with Crippen molar-refractivity contribution in [1.82, 2.24) is 20.1 Å². The average molecular weight is 274 g/mol. The predicted molar refractivity (Wildman–Crippen MR) is 78.5 cm³/mol. The molecule has 20 heavy (non-hydrogen) atoms. The van der Waals surface area contributed by atoms with Gasteiger partial charge in [-0.1, -0.05) is 12.8 Å². The summed E-state index contributed by atoms with van der Waals surface area (Å²) in [6, 6.07) is 0.792. The van der Waals surface area contributed by atoms with Crippen LogP contribution in [-0.4, -0.2) is 27.4 Å². The van der Waals surface area contributed by atoms with Gasteiger partial charge < -0.3 is 9.88 Å². The van der Waals surface area contributed by atoms with Gasteiger partial charge in [-0.05, 0) is 43.9 Å². The summed E-state index contributed by atoms with van der Waals surface area (Å²) in [5.41, 5.74) is 0. The molecule has 110 valence electrons. The minimum Gasteiger partial charge on any atom is -0.315 e. The van der Waals surface area contributed by atoms with Gasteiger partial charge in [0.1, 0.15) is 11.6 Å². The van der Waals surface area contributed by atoms with E-state index in [1.807, 2.05) is 0 Å². The van der Waals surface area contributed by atoms with Crippen molar-refractivity contribution in [3.63, 3.8) is 0 Å². The molecule has 0 aromatic carbocycles.